The van der Waals surface area contributed by atoms with Crippen LogP contribution in [-0.2, 0) is 0 Å². The number of carbonyl (C=O) groups is 1. The minimum absolute atomic E-state index is 0.0533. The number of carbonyl (C=O) groups excluding carboxylic acids is 1. The van der Waals surface area contributed by atoms with Crippen molar-refractivity contribution in [2.45, 2.75) is 0 Å². The normalized spacial score (nSPS) is 10.6. The van der Waals surface area contributed by atoms with E-state index in [1.807, 2.05) is 0 Å². The van der Waals surface area contributed by atoms with Crippen molar-refractivity contribution in [3.8, 4) is 5.75 Å². The number of rotatable bonds is 5. The van der Waals surface area contributed by atoms with Crippen LogP contribution in [0.15, 0.2) is 48.5 Å². The number of ether oxygens (including phenoxy) is 1. The van der Waals surface area contributed by atoms with Crippen molar-refractivity contribution in [3.05, 3.63) is 74.8 Å². The Bertz CT molecular complexity index is 738. The van der Waals surface area contributed by atoms with Gasteiger partial charge in [0, 0.05) is 17.7 Å². The zero-order chi connectivity index (χ0) is 16.1. The first-order valence-electron chi connectivity index (χ1n) is 6.31. The molecule has 0 spiro atoms. The molecule has 0 N–H and O–H groups in total. The van der Waals surface area contributed by atoms with Crippen LogP contribution >= 0.6 is 11.6 Å². The number of nitro groups is 1. The molecule has 22 heavy (non-hydrogen) atoms. The van der Waals surface area contributed by atoms with E-state index >= 15 is 0 Å². The number of non-ortho nitro benzene ring substituents is 1. The van der Waals surface area contributed by atoms with Gasteiger partial charge in [-0.05, 0) is 35.9 Å². The number of ketones is 1. The first-order valence-corrected chi connectivity index (χ1v) is 6.69. The van der Waals surface area contributed by atoms with E-state index in [2.05, 4.69) is 0 Å². The van der Waals surface area contributed by atoms with Crippen molar-refractivity contribution in [1.82, 2.24) is 0 Å². The Labute approximate surface area is 131 Å². The predicted octanol–water partition coefficient (Wildman–Crippen LogP) is 4.15. The molecule has 0 saturated heterocycles. The van der Waals surface area contributed by atoms with Crippen LogP contribution in [0.1, 0.15) is 15.9 Å². The van der Waals surface area contributed by atoms with Crippen LogP contribution in [0.3, 0.4) is 0 Å². The highest BCUT2D eigenvalue weighted by atomic mass is 35.5. The van der Waals surface area contributed by atoms with E-state index in [0.717, 1.165) is 5.56 Å². The van der Waals surface area contributed by atoms with Crippen LogP contribution in [0, 0.1) is 10.1 Å². The molecule has 0 bridgehead atoms. The Kier molecular flexibility index (Phi) is 4.91. The van der Waals surface area contributed by atoms with E-state index in [1.54, 1.807) is 24.3 Å². The second kappa shape index (κ2) is 6.87. The van der Waals surface area contributed by atoms with Crippen molar-refractivity contribution >= 4 is 29.1 Å². The summed E-state index contributed by atoms with van der Waals surface area (Å²) in [6.45, 7) is 0. The van der Waals surface area contributed by atoms with E-state index < -0.39 is 4.92 Å². The molecule has 0 aliphatic heterocycles. The summed E-state index contributed by atoms with van der Waals surface area (Å²) in [4.78, 5) is 22.0. The Morgan fingerprint density at radius 2 is 1.91 bits per heavy atom. The van der Waals surface area contributed by atoms with E-state index in [4.69, 9.17) is 16.3 Å². The largest absolute Gasteiger partial charge is 0.495 e. The maximum Gasteiger partial charge on any atom is 0.269 e. The number of benzene rings is 2. The molecular weight excluding hydrogens is 306 g/mol. The number of methoxy groups -OCH3 is 1. The van der Waals surface area contributed by atoms with Crippen LogP contribution in [0.25, 0.3) is 6.08 Å². The van der Waals surface area contributed by atoms with Gasteiger partial charge >= 0.3 is 0 Å². The van der Waals surface area contributed by atoms with Crippen LogP contribution < -0.4 is 4.74 Å². The summed E-state index contributed by atoms with van der Waals surface area (Å²) < 4.78 is 5.05. The Morgan fingerprint density at radius 1 is 1.23 bits per heavy atom. The molecule has 0 heterocycles. The summed E-state index contributed by atoms with van der Waals surface area (Å²) in [5, 5.41) is 11.0. The van der Waals surface area contributed by atoms with Gasteiger partial charge in [-0.15, -0.1) is 0 Å². The molecule has 0 radical (unpaired) electrons. The molecule has 0 atom stereocenters. The summed E-state index contributed by atoms with van der Waals surface area (Å²) >= 11 is 6.00. The summed E-state index contributed by atoms with van der Waals surface area (Å²) in [6.07, 6.45) is 3.01. The van der Waals surface area contributed by atoms with Gasteiger partial charge in [0.05, 0.1) is 17.1 Å². The summed E-state index contributed by atoms with van der Waals surface area (Å²) in [6, 6.07) is 10.6. The molecule has 112 valence electrons. The van der Waals surface area contributed by atoms with E-state index in [1.165, 1.54) is 37.5 Å². The van der Waals surface area contributed by atoms with Crippen LogP contribution in [0.2, 0.25) is 5.02 Å². The topological polar surface area (TPSA) is 69.4 Å². The molecule has 2 aromatic carbocycles. The number of hydrogen-bond acceptors (Lipinski definition) is 4. The first-order chi connectivity index (χ1) is 10.5. The Morgan fingerprint density at radius 3 is 2.45 bits per heavy atom. The van der Waals surface area contributed by atoms with Gasteiger partial charge in [0.1, 0.15) is 5.75 Å². The lowest BCUT2D eigenvalue weighted by Crippen LogP contribution is -1.95. The third-order valence-corrected chi connectivity index (χ3v) is 3.26. The maximum atomic E-state index is 12.0. The minimum atomic E-state index is -0.510. The Balaban J connectivity index is 2.14. The average Bonchev–Trinajstić information content (AvgIpc) is 2.52. The van der Waals surface area contributed by atoms with Gasteiger partial charge in [-0.3, -0.25) is 14.9 Å². The second-order valence-electron chi connectivity index (χ2n) is 4.40. The fourth-order valence-corrected chi connectivity index (χ4v) is 2.07. The molecule has 0 unspecified atom stereocenters. The number of nitro benzene ring substituents is 1. The highest BCUT2D eigenvalue weighted by Crippen LogP contribution is 2.25. The molecule has 6 heteroatoms. The van der Waals surface area contributed by atoms with E-state index in [0.29, 0.717) is 16.3 Å². The fraction of sp³-hybridized carbons (Fsp3) is 0.0625. The molecule has 0 saturated carbocycles. The lowest BCUT2D eigenvalue weighted by molar-refractivity contribution is -0.384. The smallest absolute Gasteiger partial charge is 0.269 e. The quantitative estimate of drug-likeness (QED) is 0.359. The predicted molar refractivity (Wildman–Crippen MR) is 84.5 cm³/mol. The third-order valence-electron chi connectivity index (χ3n) is 2.97. The highest BCUT2D eigenvalue weighted by Gasteiger charge is 2.07. The number of allylic oxidation sites excluding steroid dienone is 1. The van der Waals surface area contributed by atoms with Crippen LogP contribution in [0.5, 0.6) is 5.75 Å². The molecule has 5 nitrogen and oxygen atoms in total. The van der Waals surface area contributed by atoms with Gasteiger partial charge in [-0.1, -0.05) is 23.7 Å². The molecule has 2 rings (SSSR count). The Hall–Kier alpha value is -2.66. The average molecular weight is 318 g/mol. The number of hydrogen-bond donors (Lipinski definition) is 0. The highest BCUT2D eigenvalue weighted by molar-refractivity contribution is 6.32. The third kappa shape index (κ3) is 3.71. The fourth-order valence-electron chi connectivity index (χ4n) is 1.80. The van der Waals surface area contributed by atoms with E-state index in [9.17, 15) is 14.9 Å². The van der Waals surface area contributed by atoms with Gasteiger partial charge in [0.2, 0.25) is 0 Å². The molecule has 0 fully saturated rings. The molecule has 0 amide bonds. The first kappa shape index (κ1) is 15.7. The molecule has 0 aliphatic rings. The van der Waals surface area contributed by atoms with Crippen molar-refractivity contribution in [2.75, 3.05) is 7.11 Å². The summed E-state index contributed by atoms with van der Waals surface area (Å²) in [5.41, 5.74) is 1.07. The SMILES string of the molecule is COc1ccc(/C=C/C(=O)c2ccc([N+](=O)[O-])cc2)cc1Cl. The monoisotopic (exact) mass is 317 g/mol. The van der Waals surface area contributed by atoms with Crippen LogP contribution in [-0.4, -0.2) is 17.8 Å². The van der Waals surface area contributed by atoms with Gasteiger partial charge < -0.3 is 4.74 Å². The summed E-state index contributed by atoms with van der Waals surface area (Å²) in [7, 11) is 1.52. The van der Waals surface area contributed by atoms with E-state index in [-0.39, 0.29) is 11.5 Å². The van der Waals surface area contributed by atoms with Gasteiger partial charge in [-0.2, -0.15) is 0 Å². The standard InChI is InChI=1S/C16H12ClNO4/c1-22-16-9-3-11(10-14(16)17)2-8-15(19)12-4-6-13(7-5-12)18(20)21/h2-10H,1H3/b8-2+. The van der Waals surface area contributed by atoms with Crippen molar-refractivity contribution in [3.63, 3.8) is 0 Å². The maximum absolute atomic E-state index is 12.0. The summed E-state index contributed by atoms with van der Waals surface area (Å²) in [5.74, 6) is 0.308. The lowest BCUT2D eigenvalue weighted by Gasteiger charge is -2.03. The van der Waals surface area contributed by atoms with Crippen LogP contribution in [0.4, 0.5) is 5.69 Å². The second-order valence-corrected chi connectivity index (χ2v) is 4.80. The molecule has 0 aromatic heterocycles. The van der Waals surface area contributed by atoms with Crippen molar-refractivity contribution in [1.29, 1.82) is 0 Å². The number of nitrogens with zero attached hydrogens (tertiary/aromatic N) is 1. The molecule has 2 aromatic rings. The van der Waals surface area contributed by atoms with Gasteiger partial charge in [0.15, 0.2) is 5.78 Å². The van der Waals surface area contributed by atoms with Gasteiger partial charge in [-0.25, -0.2) is 0 Å². The minimum Gasteiger partial charge on any atom is -0.495 e. The number of halogens is 1. The molecular formula is C16H12ClNO4. The zero-order valence-electron chi connectivity index (χ0n) is 11.7. The van der Waals surface area contributed by atoms with Gasteiger partial charge in [0.25, 0.3) is 5.69 Å². The lowest BCUT2D eigenvalue weighted by atomic mass is 10.1. The molecule has 0 aliphatic carbocycles. The van der Waals surface area contributed by atoms with Crippen molar-refractivity contribution < 1.29 is 14.5 Å². The zero-order valence-corrected chi connectivity index (χ0v) is 12.4. The van der Waals surface area contributed by atoms with Crippen molar-refractivity contribution in [2.24, 2.45) is 0 Å².